The summed E-state index contributed by atoms with van der Waals surface area (Å²) >= 11 is 0. The van der Waals surface area contributed by atoms with Gasteiger partial charge in [0.1, 0.15) is 23.7 Å². The molecular formula is C27H24N6O4. The average Bonchev–Trinajstić information content (AvgIpc) is 3.26. The van der Waals surface area contributed by atoms with Crippen molar-refractivity contribution < 1.29 is 19.1 Å². The number of hydrogen-bond donors (Lipinski definition) is 2. The van der Waals surface area contributed by atoms with E-state index in [9.17, 15) is 9.59 Å². The van der Waals surface area contributed by atoms with Crippen LogP contribution in [-0.4, -0.2) is 46.8 Å². The molecule has 1 aliphatic carbocycles. The van der Waals surface area contributed by atoms with Crippen molar-refractivity contribution in [2.24, 2.45) is 0 Å². The normalized spacial score (nSPS) is 22.2. The SMILES string of the molecule is N#Cc1cccc(-c2cccc(CN[C@H]3CC[C@H]4[C@H](C3)OC(=O)N4c3ccc4c(n3)NC(=O)CO4)c2)n1. The second-order valence-electron chi connectivity index (χ2n) is 9.32. The topological polar surface area (TPSA) is 129 Å². The summed E-state index contributed by atoms with van der Waals surface area (Å²) in [6.07, 6.45) is 1.67. The highest BCUT2D eigenvalue weighted by Gasteiger charge is 2.46. The van der Waals surface area contributed by atoms with Crippen LogP contribution < -0.4 is 20.3 Å². The molecule has 6 rings (SSSR count). The lowest BCUT2D eigenvalue weighted by Gasteiger charge is -2.33. The summed E-state index contributed by atoms with van der Waals surface area (Å²) in [4.78, 5) is 34.9. The van der Waals surface area contributed by atoms with E-state index >= 15 is 0 Å². The Morgan fingerprint density at radius 3 is 2.89 bits per heavy atom. The Kier molecular flexibility index (Phi) is 5.90. The number of nitrogens with zero attached hydrogens (tertiary/aromatic N) is 4. The number of amides is 2. The van der Waals surface area contributed by atoms with Crippen LogP contribution in [0.1, 0.15) is 30.5 Å². The summed E-state index contributed by atoms with van der Waals surface area (Å²) < 4.78 is 11.1. The quantitative estimate of drug-likeness (QED) is 0.550. The predicted molar refractivity (Wildman–Crippen MR) is 134 cm³/mol. The largest absolute Gasteiger partial charge is 0.480 e. The highest BCUT2D eigenvalue weighted by Crippen LogP contribution is 2.37. The van der Waals surface area contributed by atoms with E-state index in [0.29, 0.717) is 36.0 Å². The molecular weight excluding hydrogens is 472 g/mol. The van der Waals surface area contributed by atoms with Gasteiger partial charge in [0, 0.05) is 24.6 Å². The van der Waals surface area contributed by atoms with Crippen molar-refractivity contribution in [3.8, 4) is 23.1 Å². The van der Waals surface area contributed by atoms with Crippen molar-refractivity contribution in [1.82, 2.24) is 15.3 Å². The number of rotatable bonds is 5. The first kappa shape index (κ1) is 22.9. The standard InChI is InChI=1S/C27H24N6O4/c28-13-19-5-2-6-20(30-19)17-4-1-3-16(11-17)14-29-18-7-8-21-23(12-18)37-27(35)33(21)24-10-9-22-26(31-24)32-25(34)15-36-22/h1-6,9-11,18,21,23,29H,7-8,12,14-15H2,(H,31,32,34)/t18-,21-,23-/m0/s1. The van der Waals surface area contributed by atoms with Crippen molar-refractivity contribution in [3.05, 3.63) is 65.9 Å². The molecule has 10 heteroatoms. The number of pyridine rings is 2. The van der Waals surface area contributed by atoms with Gasteiger partial charge >= 0.3 is 6.09 Å². The Bertz CT molecular complexity index is 1420. The number of ether oxygens (including phenoxy) is 2. The molecule has 0 spiro atoms. The van der Waals surface area contributed by atoms with Gasteiger partial charge in [0.05, 0.1) is 11.7 Å². The molecule has 1 aromatic carbocycles. The van der Waals surface area contributed by atoms with Crippen molar-refractivity contribution in [1.29, 1.82) is 5.26 Å². The fourth-order valence-electron chi connectivity index (χ4n) is 5.15. The third-order valence-corrected chi connectivity index (χ3v) is 6.93. The first-order valence-electron chi connectivity index (χ1n) is 12.2. The molecule has 2 aliphatic heterocycles. The fourth-order valence-corrected chi connectivity index (χ4v) is 5.15. The van der Waals surface area contributed by atoms with E-state index in [0.717, 1.165) is 29.7 Å². The number of carbonyl (C=O) groups excluding carboxylic acids is 2. The predicted octanol–water partition coefficient (Wildman–Crippen LogP) is 3.38. The molecule has 3 aliphatic rings. The van der Waals surface area contributed by atoms with Gasteiger partial charge in [-0.2, -0.15) is 5.26 Å². The smallest absolute Gasteiger partial charge is 0.416 e. The number of carbonyl (C=O) groups is 2. The van der Waals surface area contributed by atoms with E-state index in [1.807, 2.05) is 24.3 Å². The van der Waals surface area contributed by atoms with Crippen molar-refractivity contribution in [2.75, 3.05) is 16.8 Å². The van der Waals surface area contributed by atoms with E-state index < -0.39 is 6.09 Å². The van der Waals surface area contributed by atoms with Crippen LogP contribution in [0.2, 0.25) is 0 Å². The Balaban J connectivity index is 1.10. The maximum atomic E-state index is 12.8. The van der Waals surface area contributed by atoms with Crippen LogP contribution in [0.4, 0.5) is 16.4 Å². The third-order valence-electron chi connectivity index (χ3n) is 6.93. The highest BCUT2D eigenvalue weighted by atomic mass is 16.6. The van der Waals surface area contributed by atoms with Gasteiger partial charge < -0.3 is 20.1 Å². The summed E-state index contributed by atoms with van der Waals surface area (Å²) in [5.74, 6) is 0.970. The fraction of sp³-hybridized carbons (Fsp3) is 0.296. The third kappa shape index (κ3) is 4.57. The van der Waals surface area contributed by atoms with Gasteiger partial charge in [-0.15, -0.1) is 0 Å². The van der Waals surface area contributed by atoms with Crippen LogP contribution in [0.25, 0.3) is 11.3 Å². The van der Waals surface area contributed by atoms with Gasteiger partial charge in [-0.05, 0) is 48.7 Å². The van der Waals surface area contributed by atoms with E-state index in [1.165, 1.54) is 0 Å². The van der Waals surface area contributed by atoms with Crippen molar-refractivity contribution in [3.63, 3.8) is 0 Å². The molecule has 2 N–H and O–H groups in total. The zero-order chi connectivity index (χ0) is 25.4. The minimum absolute atomic E-state index is 0.0472. The number of hydrogen-bond acceptors (Lipinski definition) is 8. The molecule has 2 amide bonds. The van der Waals surface area contributed by atoms with Gasteiger partial charge in [0.2, 0.25) is 0 Å². The highest BCUT2D eigenvalue weighted by molar-refractivity contribution is 5.95. The molecule has 2 aromatic heterocycles. The summed E-state index contributed by atoms with van der Waals surface area (Å²) in [7, 11) is 0. The molecule has 4 heterocycles. The molecule has 0 bridgehead atoms. The van der Waals surface area contributed by atoms with Crippen LogP contribution in [0.3, 0.4) is 0 Å². The molecule has 3 aromatic rings. The first-order chi connectivity index (χ1) is 18.1. The summed E-state index contributed by atoms with van der Waals surface area (Å²) in [5, 5.41) is 15.4. The van der Waals surface area contributed by atoms with Crippen LogP contribution in [-0.2, 0) is 16.1 Å². The minimum atomic E-state index is -0.425. The van der Waals surface area contributed by atoms with E-state index in [1.54, 1.807) is 23.1 Å². The minimum Gasteiger partial charge on any atom is -0.480 e. The zero-order valence-electron chi connectivity index (χ0n) is 19.9. The Morgan fingerprint density at radius 1 is 1.11 bits per heavy atom. The molecule has 37 heavy (non-hydrogen) atoms. The van der Waals surface area contributed by atoms with Gasteiger partial charge in [-0.1, -0.05) is 24.3 Å². The lowest BCUT2D eigenvalue weighted by molar-refractivity contribution is -0.118. The average molecular weight is 497 g/mol. The Hall–Kier alpha value is -4.49. The summed E-state index contributed by atoms with van der Waals surface area (Å²) in [6, 6.07) is 19.1. The number of nitrogens with one attached hydrogen (secondary N) is 2. The summed E-state index contributed by atoms with van der Waals surface area (Å²) in [6.45, 7) is 0.617. The number of aromatic nitrogens is 2. The van der Waals surface area contributed by atoms with E-state index in [-0.39, 0.29) is 30.7 Å². The lowest BCUT2D eigenvalue weighted by Crippen LogP contribution is -2.46. The second kappa shape index (κ2) is 9.52. The molecule has 186 valence electrons. The van der Waals surface area contributed by atoms with E-state index in [2.05, 4.69) is 38.8 Å². The molecule has 0 unspecified atom stereocenters. The van der Waals surface area contributed by atoms with Crippen molar-refractivity contribution in [2.45, 2.75) is 44.0 Å². The maximum absolute atomic E-state index is 12.8. The second-order valence-corrected chi connectivity index (χ2v) is 9.32. The van der Waals surface area contributed by atoms with Crippen LogP contribution in [0.15, 0.2) is 54.6 Å². The molecule has 0 radical (unpaired) electrons. The first-order valence-corrected chi connectivity index (χ1v) is 12.2. The van der Waals surface area contributed by atoms with Crippen molar-refractivity contribution >= 4 is 23.6 Å². The number of benzene rings is 1. The van der Waals surface area contributed by atoms with Crippen LogP contribution >= 0.6 is 0 Å². The van der Waals surface area contributed by atoms with Gasteiger partial charge in [-0.3, -0.25) is 9.69 Å². The molecule has 2 fully saturated rings. The molecule has 10 nitrogen and oxygen atoms in total. The lowest BCUT2D eigenvalue weighted by atomic mass is 9.88. The summed E-state index contributed by atoms with van der Waals surface area (Å²) in [5.41, 5.74) is 3.22. The number of nitriles is 1. The van der Waals surface area contributed by atoms with E-state index in [4.69, 9.17) is 14.7 Å². The van der Waals surface area contributed by atoms with Crippen LogP contribution in [0, 0.1) is 11.3 Å². The monoisotopic (exact) mass is 496 g/mol. The van der Waals surface area contributed by atoms with Crippen LogP contribution in [0.5, 0.6) is 5.75 Å². The molecule has 1 saturated carbocycles. The molecule has 3 atom stereocenters. The Morgan fingerprint density at radius 2 is 2.00 bits per heavy atom. The number of anilines is 2. The number of fused-ring (bicyclic) bond motifs is 2. The Labute approximate surface area is 213 Å². The zero-order valence-corrected chi connectivity index (χ0v) is 19.9. The van der Waals surface area contributed by atoms with Gasteiger partial charge in [0.15, 0.2) is 18.2 Å². The van der Waals surface area contributed by atoms with Gasteiger partial charge in [0.25, 0.3) is 5.91 Å². The maximum Gasteiger partial charge on any atom is 0.416 e. The molecule has 1 saturated heterocycles. The van der Waals surface area contributed by atoms with Gasteiger partial charge in [-0.25, -0.2) is 14.8 Å².